The molecule has 0 aliphatic heterocycles. The Morgan fingerprint density at radius 3 is 2.92 bits per heavy atom. The normalized spacial score (nSPS) is 11.2. The minimum atomic E-state index is 0.0393. The van der Waals surface area contributed by atoms with E-state index in [9.17, 15) is 4.79 Å². The van der Waals surface area contributed by atoms with E-state index in [1.54, 1.807) is 33.9 Å². The Bertz CT molecular complexity index is 1070. The number of hydrogen-bond donors (Lipinski definition) is 0. The number of thioether (sulfide) groups is 1. The van der Waals surface area contributed by atoms with Crippen LogP contribution in [0.5, 0.6) is 0 Å². The van der Waals surface area contributed by atoms with Crippen LogP contribution in [0.4, 0.5) is 0 Å². The summed E-state index contributed by atoms with van der Waals surface area (Å²) in [6.45, 7) is 2.58. The first-order valence-electron chi connectivity index (χ1n) is 7.73. The molecule has 0 aliphatic rings. The highest BCUT2D eigenvalue weighted by molar-refractivity contribution is 7.98. The maximum Gasteiger partial charge on any atom is 0.272 e. The maximum absolute atomic E-state index is 12.5. The summed E-state index contributed by atoms with van der Waals surface area (Å²) in [6.07, 6.45) is 1.77. The van der Waals surface area contributed by atoms with Gasteiger partial charge in [-0.25, -0.2) is 9.97 Å². The first kappa shape index (κ1) is 16.4. The van der Waals surface area contributed by atoms with Crippen LogP contribution in [0, 0.1) is 0 Å². The molecule has 0 saturated carbocycles. The molecule has 0 bridgehead atoms. The van der Waals surface area contributed by atoms with Crippen LogP contribution in [-0.4, -0.2) is 19.5 Å². The fourth-order valence-corrected chi connectivity index (χ4v) is 5.07. The van der Waals surface area contributed by atoms with E-state index in [0.717, 1.165) is 31.8 Å². The molecule has 0 radical (unpaired) electrons. The second-order valence-electron chi connectivity index (χ2n) is 5.23. The molecule has 0 atom stereocenters. The van der Waals surface area contributed by atoms with E-state index >= 15 is 0 Å². The van der Waals surface area contributed by atoms with E-state index in [4.69, 9.17) is 0 Å². The van der Waals surface area contributed by atoms with Gasteiger partial charge in [-0.05, 0) is 30.5 Å². The van der Waals surface area contributed by atoms with Crippen molar-refractivity contribution in [2.75, 3.05) is 0 Å². The number of fused-ring (bicyclic) bond motifs is 1. The summed E-state index contributed by atoms with van der Waals surface area (Å²) in [5.41, 5.74) is 2.66. The number of hydrogen-bond acceptors (Lipinski definition) is 7. The molecule has 4 aromatic heterocycles. The average molecular weight is 387 g/mol. The van der Waals surface area contributed by atoms with Gasteiger partial charge < -0.3 is 0 Å². The highest BCUT2D eigenvalue weighted by Crippen LogP contribution is 2.27. The van der Waals surface area contributed by atoms with Crippen molar-refractivity contribution in [2.45, 2.75) is 24.4 Å². The fourth-order valence-electron chi connectivity index (χ4n) is 2.43. The lowest BCUT2D eigenvalue weighted by molar-refractivity contribution is 0.635. The molecule has 126 valence electrons. The molecule has 0 aromatic carbocycles. The molecule has 0 N–H and O–H groups in total. The third kappa shape index (κ3) is 3.24. The zero-order chi connectivity index (χ0) is 17.2. The van der Waals surface area contributed by atoms with Gasteiger partial charge >= 0.3 is 0 Å². The number of pyridine rings is 1. The van der Waals surface area contributed by atoms with Crippen LogP contribution in [0.15, 0.2) is 51.2 Å². The molecule has 25 heavy (non-hydrogen) atoms. The molecule has 4 rings (SSSR count). The second kappa shape index (κ2) is 7.07. The van der Waals surface area contributed by atoms with Gasteiger partial charge in [0.2, 0.25) is 0 Å². The molecule has 5 nitrogen and oxygen atoms in total. The molecule has 4 heterocycles. The topological polar surface area (TPSA) is 60.7 Å². The second-order valence-corrected chi connectivity index (χ2v) is 7.94. The summed E-state index contributed by atoms with van der Waals surface area (Å²) < 4.78 is 2.45. The van der Waals surface area contributed by atoms with Gasteiger partial charge in [0.05, 0.1) is 16.9 Å². The summed E-state index contributed by atoms with van der Waals surface area (Å²) in [5, 5.41) is 5.60. The predicted octanol–water partition coefficient (Wildman–Crippen LogP) is 4.29. The molecule has 0 saturated heterocycles. The summed E-state index contributed by atoms with van der Waals surface area (Å²) in [6, 6.07) is 7.70. The summed E-state index contributed by atoms with van der Waals surface area (Å²) in [5.74, 6) is 0.672. The van der Waals surface area contributed by atoms with Crippen LogP contribution in [0.1, 0.15) is 12.6 Å². The van der Waals surface area contributed by atoms with Crippen molar-refractivity contribution in [3.63, 3.8) is 0 Å². The van der Waals surface area contributed by atoms with E-state index in [1.807, 2.05) is 41.9 Å². The van der Waals surface area contributed by atoms with Crippen LogP contribution in [-0.2, 0) is 12.3 Å². The highest BCUT2D eigenvalue weighted by atomic mass is 32.2. The third-order valence-corrected chi connectivity index (χ3v) is 6.45. The number of thiazole rings is 1. The van der Waals surface area contributed by atoms with Crippen molar-refractivity contribution in [1.82, 2.24) is 19.5 Å². The van der Waals surface area contributed by atoms with E-state index in [1.165, 1.54) is 11.3 Å². The fraction of sp³-hybridized carbons (Fsp3) is 0.176. The van der Waals surface area contributed by atoms with E-state index < -0.39 is 0 Å². The molecule has 0 amide bonds. The monoisotopic (exact) mass is 386 g/mol. The Labute approximate surface area is 156 Å². The van der Waals surface area contributed by atoms with E-state index in [2.05, 4.69) is 15.0 Å². The lowest BCUT2D eigenvalue weighted by atomic mass is 10.4. The quantitative estimate of drug-likeness (QED) is 0.378. The van der Waals surface area contributed by atoms with Gasteiger partial charge in [-0.1, -0.05) is 17.8 Å². The van der Waals surface area contributed by atoms with E-state index in [-0.39, 0.29) is 5.56 Å². The molecular weight excluding hydrogens is 372 g/mol. The SMILES string of the molecule is CCn1c(SCc2csc(-c3ccccn3)n2)nc2ccsc2c1=O. The minimum Gasteiger partial charge on any atom is -0.287 e. The molecule has 8 heteroatoms. The van der Waals surface area contributed by atoms with Gasteiger partial charge in [0.1, 0.15) is 9.71 Å². The van der Waals surface area contributed by atoms with Gasteiger partial charge in [-0.2, -0.15) is 0 Å². The molecule has 4 aromatic rings. The third-order valence-electron chi connectivity index (χ3n) is 3.63. The Kier molecular flexibility index (Phi) is 4.65. The van der Waals surface area contributed by atoms with Crippen LogP contribution in [0.3, 0.4) is 0 Å². The van der Waals surface area contributed by atoms with Crippen molar-refractivity contribution in [3.05, 3.63) is 57.3 Å². The van der Waals surface area contributed by atoms with Crippen molar-refractivity contribution in [2.24, 2.45) is 0 Å². The van der Waals surface area contributed by atoms with Crippen molar-refractivity contribution >= 4 is 44.7 Å². The number of rotatable bonds is 5. The van der Waals surface area contributed by atoms with Crippen LogP contribution < -0.4 is 5.56 Å². The van der Waals surface area contributed by atoms with Gasteiger partial charge in [-0.15, -0.1) is 22.7 Å². The summed E-state index contributed by atoms with van der Waals surface area (Å²) in [7, 11) is 0. The lowest BCUT2D eigenvalue weighted by Crippen LogP contribution is -2.21. The smallest absolute Gasteiger partial charge is 0.272 e. The van der Waals surface area contributed by atoms with Crippen molar-refractivity contribution < 1.29 is 0 Å². The molecule has 0 fully saturated rings. The first-order chi connectivity index (χ1) is 12.3. The van der Waals surface area contributed by atoms with Gasteiger partial charge in [0.15, 0.2) is 5.16 Å². The Morgan fingerprint density at radius 2 is 2.12 bits per heavy atom. The molecule has 0 spiro atoms. The van der Waals surface area contributed by atoms with Crippen molar-refractivity contribution in [1.29, 1.82) is 0 Å². The standard InChI is InChI=1S/C17H14N4OS3/c1-2-21-16(22)14-12(6-8-23-14)20-17(21)25-10-11-9-24-15(19-11)13-5-3-4-7-18-13/h3-9H,2,10H2,1H3. The summed E-state index contributed by atoms with van der Waals surface area (Å²) in [4.78, 5) is 26.2. The van der Waals surface area contributed by atoms with Crippen LogP contribution in [0.2, 0.25) is 0 Å². The molecule has 0 aliphatic carbocycles. The van der Waals surface area contributed by atoms with Gasteiger partial charge in [0.25, 0.3) is 5.56 Å². The Hall–Kier alpha value is -2.03. The van der Waals surface area contributed by atoms with Crippen molar-refractivity contribution in [3.8, 4) is 10.7 Å². The number of aromatic nitrogens is 4. The van der Waals surface area contributed by atoms with Gasteiger partial charge in [-0.3, -0.25) is 14.3 Å². The van der Waals surface area contributed by atoms with Crippen LogP contribution >= 0.6 is 34.4 Å². The maximum atomic E-state index is 12.5. The molecule has 0 unspecified atom stereocenters. The zero-order valence-corrected chi connectivity index (χ0v) is 15.8. The largest absolute Gasteiger partial charge is 0.287 e. The van der Waals surface area contributed by atoms with E-state index in [0.29, 0.717) is 12.3 Å². The zero-order valence-electron chi connectivity index (χ0n) is 13.4. The average Bonchev–Trinajstić information content (AvgIpc) is 3.30. The first-order valence-corrected chi connectivity index (χ1v) is 10.5. The lowest BCUT2D eigenvalue weighted by Gasteiger charge is -2.08. The summed E-state index contributed by atoms with van der Waals surface area (Å²) >= 11 is 4.57. The van der Waals surface area contributed by atoms with Gasteiger partial charge in [0, 0.05) is 23.9 Å². The Morgan fingerprint density at radius 1 is 1.20 bits per heavy atom. The molecular formula is C17H14N4OS3. The Balaban J connectivity index is 1.59. The minimum absolute atomic E-state index is 0.0393. The number of thiophene rings is 1. The predicted molar refractivity (Wildman–Crippen MR) is 104 cm³/mol. The number of nitrogens with zero attached hydrogens (tertiary/aromatic N) is 4. The highest BCUT2D eigenvalue weighted by Gasteiger charge is 2.13. The van der Waals surface area contributed by atoms with Crippen LogP contribution in [0.25, 0.3) is 20.9 Å².